The number of nitro groups is 1. The van der Waals surface area contributed by atoms with Gasteiger partial charge in [0.2, 0.25) is 0 Å². The van der Waals surface area contributed by atoms with E-state index in [9.17, 15) is 10.1 Å². The zero-order valence-electron chi connectivity index (χ0n) is 12.6. The Morgan fingerprint density at radius 1 is 1.17 bits per heavy atom. The largest absolute Gasteiger partial charge is 0.460 e. The molecular weight excluding hydrogens is 330 g/mol. The molecule has 1 aliphatic heterocycles. The maximum atomic E-state index is 11.0. The van der Waals surface area contributed by atoms with Gasteiger partial charge in [0, 0.05) is 29.4 Å². The summed E-state index contributed by atoms with van der Waals surface area (Å²) in [5, 5.41) is 16.1. The summed E-state index contributed by atoms with van der Waals surface area (Å²) in [6.07, 6.45) is 1.68. The Kier molecular flexibility index (Phi) is 4.22. The molecule has 7 heteroatoms. The zero-order chi connectivity index (χ0) is 15.8. The number of benzene rings is 2. The first-order valence-electron chi connectivity index (χ1n) is 7.28. The molecule has 0 saturated carbocycles. The van der Waals surface area contributed by atoms with Crippen molar-refractivity contribution in [2.45, 2.75) is 0 Å². The van der Waals surface area contributed by atoms with Crippen LogP contribution in [0.4, 0.5) is 5.69 Å². The minimum Gasteiger partial charge on any atom is -0.460 e. The Hall–Kier alpha value is -2.86. The molecule has 1 aliphatic rings. The van der Waals surface area contributed by atoms with Crippen LogP contribution in [0.5, 0.6) is 0 Å². The molecule has 3 aromatic rings. The van der Waals surface area contributed by atoms with Gasteiger partial charge in [0.15, 0.2) is 11.6 Å². The second-order valence-corrected chi connectivity index (χ2v) is 5.30. The summed E-state index contributed by atoms with van der Waals surface area (Å²) in [5.41, 5.74) is 1.77. The highest BCUT2D eigenvalue weighted by Gasteiger charge is 2.18. The number of hydrogen-bond acceptors (Lipinski definition) is 5. The number of nitro benzene ring substituents is 1. The third kappa shape index (κ3) is 2.61. The van der Waals surface area contributed by atoms with Crippen molar-refractivity contribution >= 4 is 34.7 Å². The average Bonchev–Trinajstić information content (AvgIpc) is 3.23. The van der Waals surface area contributed by atoms with E-state index in [0.717, 1.165) is 40.8 Å². The van der Waals surface area contributed by atoms with E-state index >= 15 is 0 Å². The van der Waals surface area contributed by atoms with Crippen molar-refractivity contribution in [2.24, 2.45) is 4.99 Å². The Bertz CT molecular complexity index is 949. The number of fused-ring (bicyclic) bond motifs is 1. The van der Waals surface area contributed by atoms with Gasteiger partial charge in [-0.15, -0.1) is 12.4 Å². The number of nitrogens with one attached hydrogen (secondary N) is 1. The molecule has 122 valence electrons. The Morgan fingerprint density at radius 3 is 2.75 bits per heavy atom. The van der Waals surface area contributed by atoms with E-state index in [1.165, 1.54) is 6.07 Å². The predicted octanol–water partition coefficient (Wildman–Crippen LogP) is 3.78. The van der Waals surface area contributed by atoms with Gasteiger partial charge in [-0.25, -0.2) is 0 Å². The Morgan fingerprint density at radius 2 is 2.00 bits per heavy atom. The van der Waals surface area contributed by atoms with Crippen molar-refractivity contribution in [3.8, 4) is 11.1 Å². The quantitative estimate of drug-likeness (QED) is 0.579. The van der Waals surface area contributed by atoms with Gasteiger partial charge in [-0.3, -0.25) is 15.1 Å². The third-order valence-corrected chi connectivity index (χ3v) is 3.90. The number of aliphatic imine (C=N–C) groups is 1. The third-order valence-electron chi connectivity index (χ3n) is 3.90. The second-order valence-electron chi connectivity index (χ2n) is 5.30. The molecule has 2 heterocycles. The standard InChI is InChI=1S/C17H13N3O3.ClH/c21-20(22)12-4-1-3-11(9-12)13-5-2-6-14-15(13)10-23-16(14)17-18-7-8-19-17;/h1-6,9-10H,7-8H2,(H,18,19);1H. The number of halogens is 1. The molecule has 0 radical (unpaired) electrons. The monoisotopic (exact) mass is 343 g/mol. The lowest BCUT2D eigenvalue weighted by Gasteiger charge is -2.04. The molecule has 0 fully saturated rings. The Labute approximate surface area is 143 Å². The number of hydrogen-bond donors (Lipinski definition) is 1. The van der Waals surface area contributed by atoms with Crippen LogP contribution in [0.25, 0.3) is 21.9 Å². The SMILES string of the molecule is Cl.O=[N+]([O-])c1cccc(-c2cccc3c(C4=NCCN4)occ23)c1. The molecule has 1 N–H and O–H groups in total. The molecule has 0 atom stereocenters. The summed E-state index contributed by atoms with van der Waals surface area (Å²) >= 11 is 0. The van der Waals surface area contributed by atoms with Gasteiger partial charge in [-0.1, -0.05) is 30.3 Å². The van der Waals surface area contributed by atoms with Crippen molar-refractivity contribution in [1.82, 2.24) is 5.32 Å². The molecular formula is C17H14ClN3O3. The highest BCUT2D eigenvalue weighted by atomic mass is 35.5. The summed E-state index contributed by atoms with van der Waals surface area (Å²) in [6, 6.07) is 12.4. The summed E-state index contributed by atoms with van der Waals surface area (Å²) in [7, 11) is 0. The number of furan rings is 1. The zero-order valence-corrected chi connectivity index (χ0v) is 13.4. The molecule has 0 spiro atoms. The van der Waals surface area contributed by atoms with Crippen LogP contribution in [-0.4, -0.2) is 23.8 Å². The first-order chi connectivity index (χ1) is 11.2. The molecule has 0 saturated heterocycles. The lowest BCUT2D eigenvalue weighted by Crippen LogP contribution is -2.18. The van der Waals surface area contributed by atoms with Crippen LogP contribution in [-0.2, 0) is 0 Å². The number of non-ortho nitro benzene ring substituents is 1. The summed E-state index contributed by atoms with van der Waals surface area (Å²) in [6.45, 7) is 1.55. The highest BCUT2D eigenvalue weighted by Crippen LogP contribution is 2.33. The van der Waals surface area contributed by atoms with Crippen LogP contribution in [0.3, 0.4) is 0 Å². The Balaban J connectivity index is 0.00000169. The normalized spacial score (nSPS) is 13.2. The van der Waals surface area contributed by atoms with Gasteiger partial charge >= 0.3 is 0 Å². The maximum Gasteiger partial charge on any atom is 0.270 e. The van der Waals surface area contributed by atoms with Gasteiger partial charge in [0.1, 0.15) is 0 Å². The average molecular weight is 344 g/mol. The van der Waals surface area contributed by atoms with Crippen LogP contribution in [0.15, 0.2) is 58.1 Å². The van der Waals surface area contributed by atoms with E-state index in [2.05, 4.69) is 10.3 Å². The molecule has 2 aromatic carbocycles. The molecule has 0 bridgehead atoms. The molecule has 0 aliphatic carbocycles. The van der Waals surface area contributed by atoms with Crippen LogP contribution in [0.2, 0.25) is 0 Å². The first kappa shape index (κ1) is 16.0. The smallest absolute Gasteiger partial charge is 0.270 e. The molecule has 0 amide bonds. The van der Waals surface area contributed by atoms with Crippen LogP contribution >= 0.6 is 12.4 Å². The van der Waals surface area contributed by atoms with Crippen LogP contribution < -0.4 is 5.32 Å². The maximum absolute atomic E-state index is 11.0. The number of rotatable bonds is 3. The molecule has 24 heavy (non-hydrogen) atoms. The lowest BCUT2D eigenvalue weighted by molar-refractivity contribution is -0.384. The van der Waals surface area contributed by atoms with E-state index in [-0.39, 0.29) is 23.0 Å². The lowest BCUT2D eigenvalue weighted by atomic mass is 10.00. The van der Waals surface area contributed by atoms with Crippen LogP contribution in [0, 0.1) is 10.1 Å². The first-order valence-corrected chi connectivity index (χ1v) is 7.28. The van der Waals surface area contributed by atoms with Gasteiger partial charge in [0.05, 0.1) is 17.7 Å². The number of nitrogens with zero attached hydrogens (tertiary/aromatic N) is 2. The van der Waals surface area contributed by atoms with Gasteiger partial charge in [-0.2, -0.15) is 0 Å². The molecule has 0 unspecified atom stereocenters. The molecule has 4 rings (SSSR count). The topological polar surface area (TPSA) is 80.7 Å². The van der Waals surface area contributed by atoms with Gasteiger partial charge in [-0.05, 0) is 11.1 Å². The second kappa shape index (κ2) is 6.33. The van der Waals surface area contributed by atoms with Crippen molar-refractivity contribution < 1.29 is 9.34 Å². The van der Waals surface area contributed by atoms with E-state index in [1.54, 1.807) is 18.4 Å². The van der Waals surface area contributed by atoms with E-state index in [4.69, 9.17) is 4.42 Å². The number of amidine groups is 1. The minimum atomic E-state index is -0.387. The fourth-order valence-electron chi connectivity index (χ4n) is 2.84. The van der Waals surface area contributed by atoms with E-state index in [1.807, 2.05) is 24.3 Å². The van der Waals surface area contributed by atoms with E-state index < -0.39 is 0 Å². The predicted molar refractivity (Wildman–Crippen MR) is 95.0 cm³/mol. The van der Waals surface area contributed by atoms with E-state index in [0.29, 0.717) is 5.76 Å². The fourth-order valence-corrected chi connectivity index (χ4v) is 2.84. The van der Waals surface area contributed by atoms with Crippen molar-refractivity contribution in [3.05, 3.63) is 64.6 Å². The molecule has 1 aromatic heterocycles. The van der Waals surface area contributed by atoms with Crippen LogP contribution in [0.1, 0.15) is 5.76 Å². The minimum absolute atomic E-state index is 0. The highest BCUT2D eigenvalue weighted by molar-refractivity contribution is 6.11. The fraction of sp³-hybridized carbons (Fsp3) is 0.118. The summed E-state index contributed by atoms with van der Waals surface area (Å²) < 4.78 is 5.71. The van der Waals surface area contributed by atoms with Gasteiger partial charge in [0.25, 0.3) is 5.69 Å². The van der Waals surface area contributed by atoms with Gasteiger partial charge < -0.3 is 9.73 Å². The summed E-state index contributed by atoms with van der Waals surface area (Å²) in [5.74, 6) is 1.47. The van der Waals surface area contributed by atoms with Crippen molar-refractivity contribution in [1.29, 1.82) is 0 Å². The van der Waals surface area contributed by atoms with Crippen molar-refractivity contribution in [3.63, 3.8) is 0 Å². The molecule has 6 nitrogen and oxygen atoms in total. The summed E-state index contributed by atoms with van der Waals surface area (Å²) in [4.78, 5) is 15.0. The van der Waals surface area contributed by atoms with Crippen molar-refractivity contribution in [2.75, 3.05) is 13.1 Å².